The van der Waals surface area contributed by atoms with Gasteiger partial charge in [-0.05, 0) is 53.3 Å². The van der Waals surface area contributed by atoms with Crippen molar-refractivity contribution in [1.82, 2.24) is 0 Å². The molecule has 2 nitrogen and oxygen atoms in total. The maximum atomic E-state index is 5.50. The van der Waals surface area contributed by atoms with Crippen LogP contribution in [0.25, 0.3) is 0 Å². The molecule has 0 aromatic heterocycles. The van der Waals surface area contributed by atoms with Crippen molar-refractivity contribution >= 4 is 22.6 Å². The molecule has 0 radical (unpaired) electrons. The van der Waals surface area contributed by atoms with E-state index in [0.717, 1.165) is 5.75 Å². The lowest BCUT2D eigenvalue weighted by atomic mass is 10.2. The number of aryl methyl sites for hydroxylation is 1. The molecule has 13 heavy (non-hydrogen) atoms. The van der Waals surface area contributed by atoms with Gasteiger partial charge in [-0.2, -0.15) is 0 Å². The third-order valence-electron chi connectivity index (χ3n) is 1.68. The average Bonchev–Trinajstić information content (AvgIpc) is 2.09. The van der Waals surface area contributed by atoms with Gasteiger partial charge in [0.15, 0.2) is 0 Å². The van der Waals surface area contributed by atoms with Gasteiger partial charge in [0.05, 0.1) is 6.61 Å². The summed E-state index contributed by atoms with van der Waals surface area (Å²) < 4.78 is 11.6. The second-order valence-corrected chi connectivity index (χ2v) is 4.00. The van der Waals surface area contributed by atoms with E-state index in [1.165, 1.54) is 9.13 Å². The Morgan fingerprint density at radius 1 is 1.31 bits per heavy atom. The molecule has 0 aliphatic rings. The molecule has 0 fully saturated rings. The topological polar surface area (TPSA) is 18.5 Å². The van der Waals surface area contributed by atoms with E-state index < -0.39 is 0 Å². The minimum absolute atomic E-state index is 0.609. The summed E-state index contributed by atoms with van der Waals surface area (Å²) in [4.78, 5) is 0. The Morgan fingerprint density at radius 2 is 2.08 bits per heavy atom. The van der Waals surface area contributed by atoms with Gasteiger partial charge >= 0.3 is 0 Å². The Labute approximate surface area is 92.4 Å². The second kappa shape index (κ2) is 5.44. The van der Waals surface area contributed by atoms with Crippen LogP contribution in [0.4, 0.5) is 0 Å². The summed E-state index contributed by atoms with van der Waals surface area (Å²) in [5.74, 6) is 0.942. The Hall–Kier alpha value is -0.290. The molecule has 1 aromatic carbocycles. The SMILES string of the molecule is COCCOc1ccc(I)cc1C. The summed E-state index contributed by atoms with van der Waals surface area (Å²) in [6.45, 7) is 3.29. The van der Waals surface area contributed by atoms with E-state index in [-0.39, 0.29) is 0 Å². The molecule has 0 saturated heterocycles. The van der Waals surface area contributed by atoms with Crippen molar-refractivity contribution in [3.8, 4) is 5.75 Å². The van der Waals surface area contributed by atoms with Gasteiger partial charge in [-0.15, -0.1) is 0 Å². The normalized spacial score (nSPS) is 10.1. The highest BCUT2D eigenvalue weighted by molar-refractivity contribution is 14.1. The van der Waals surface area contributed by atoms with E-state index in [9.17, 15) is 0 Å². The first kappa shape index (κ1) is 10.8. The molecule has 0 N–H and O–H groups in total. The summed E-state index contributed by atoms with van der Waals surface area (Å²) in [5, 5.41) is 0. The summed E-state index contributed by atoms with van der Waals surface area (Å²) in [7, 11) is 1.67. The van der Waals surface area contributed by atoms with Crippen LogP contribution in [0.5, 0.6) is 5.75 Å². The first-order valence-corrected chi connectivity index (χ1v) is 5.20. The van der Waals surface area contributed by atoms with E-state index in [4.69, 9.17) is 9.47 Å². The maximum Gasteiger partial charge on any atom is 0.122 e. The average molecular weight is 292 g/mol. The van der Waals surface area contributed by atoms with Crippen molar-refractivity contribution in [1.29, 1.82) is 0 Å². The summed E-state index contributed by atoms with van der Waals surface area (Å²) in [5.41, 5.74) is 1.17. The molecular formula is C10H13IO2. The van der Waals surface area contributed by atoms with E-state index >= 15 is 0 Å². The van der Waals surface area contributed by atoms with E-state index in [2.05, 4.69) is 28.7 Å². The van der Waals surface area contributed by atoms with Gasteiger partial charge < -0.3 is 9.47 Å². The zero-order valence-electron chi connectivity index (χ0n) is 7.84. The van der Waals surface area contributed by atoms with Crippen LogP contribution >= 0.6 is 22.6 Å². The Morgan fingerprint density at radius 3 is 2.69 bits per heavy atom. The smallest absolute Gasteiger partial charge is 0.122 e. The maximum absolute atomic E-state index is 5.50. The number of hydrogen-bond acceptors (Lipinski definition) is 2. The van der Waals surface area contributed by atoms with Crippen molar-refractivity contribution in [2.45, 2.75) is 6.92 Å². The highest BCUT2D eigenvalue weighted by Gasteiger charge is 1.98. The van der Waals surface area contributed by atoms with Crippen molar-refractivity contribution in [2.24, 2.45) is 0 Å². The highest BCUT2D eigenvalue weighted by Crippen LogP contribution is 2.19. The van der Waals surface area contributed by atoms with Crippen LogP contribution in [0.3, 0.4) is 0 Å². The van der Waals surface area contributed by atoms with Crippen LogP contribution in [-0.4, -0.2) is 20.3 Å². The zero-order chi connectivity index (χ0) is 9.68. The Kier molecular flexibility index (Phi) is 4.52. The monoisotopic (exact) mass is 292 g/mol. The zero-order valence-corrected chi connectivity index (χ0v) is 10.00. The van der Waals surface area contributed by atoms with Crippen LogP contribution in [0.2, 0.25) is 0 Å². The lowest BCUT2D eigenvalue weighted by molar-refractivity contribution is 0.146. The summed E-state index contributed by atoms with van der Waals surface area (Å²) in [6, 6.07) is 6.13. The van der Waals surface area contributed by atoms with Gasteiger partial charge in [0.1, 0.15) is 12.4 Å². The highest BCUT2D eigenvalue weighted by atomic mass is 127. The van der Waals surface area contributed by atoms with Gasteiger partial charge in [-0.3, -0.25) is 0 Å². The van der Waals surface area contributed by atoms with Crippen LogP contribution in [0.1, 0.15) is 5.56 Å². The number of rotatable bonds is 4. The first-order valence-electron chi connectivity index (χ1n) is 4.12. The molecule has 0 unspecified atom stereocenters. The molecule has 72 valence electrons. The largest absolute Gasteiger partial charge is 0.491 e. The fourth-order valence-electron chi connectivity index (χ4n) is 1.01. The van der Waals surface area contributed by atoms with Crippen molar-refractivity contribution in [2.75, 3.05) is 20.3 Å². The Bertz CT molecular complexity index is 274. The molecule has 1 rings (SSSR count). The third kappa shape index (κ3) is 3.52. The van der Waals surface area contributed by atoms with Crippen molar-refractivity contribution in [3.63, 3.8) is 0 Å². The number of benzene rings is 1. The fraction of sp³-hybridized carbons (Fsp3) is 0.400. The summed E-state index contributed by atoms with van der Waals surface area (Å²) in [6.07, 6.45) is 0. The predicted octanol–water partition coefficient (Wildman–Crippen LogP) is 2.62. The van der Waals surface area contributed by atoms with Crippen molar-refractivity contribution in [3.05, 3.63) is 27.3 Å². The molecule has 0 bridgehead atoms. The number of halogens is 1. The molecule has 0 spiro atoms. The molecule has 0 aliphatic carbocycles. The third-order valence-corrected chi connectivity index (χ3v) is 2.35. The molecule has 0 heterocycles. The standard InChI is InChI=1S/C10H13IO2/c1-8-7-9(11)3-4-10(8)13-6-5-12-2/h3-4,7H,5-6H2,1-2H3. The van der Waals surface area contributed by atoms with E-state index in [1.54, 1.807) is 7.11 Å². The second-order valence-electron chi connectivity index (χ2n) is 2.75. The minimum atomic E-state index is 0.609. The number of hydrogen-bond donors (Lipinski definition) is 0. The van der Waals surface area contributed by atoms with Gasteiger partial charge in [0.2, 0.25) is 0 Å². The van der Waals surface area contributed by atoms with Gasteiger partial charge in [-0.25, -0.2) is 0 Å². The molecular weight excluding hydrogens is 279 g/mol. The van der Waals surface area contributed by atoms with E-state index in [0.29, 0.717) is 13.2 Å². The first-order chi connectivity index (χ1) is 6.24. The van der Waals surface area contributed by atoms with E-state index in [1.807, 2.05) is 19.1 Å². The fourth-order valence-corrected chi connectivity index (χ4v) is 1.66. The predicted molar refractivity (Wildman–Crippen MR) is 61.3 cm³/mol. The van der Waals surface area contributed by atoms with Crippen molar-refractivity contribution < 1.29 is 9.47 Å². The lowest BCUT2D eigenvalue weighted by Crippen LogP contribution is -2.05. The van der Waals surface area contributed by atoms with Gasteiger partial charge in [0.25, 0.3) is 0 Å². The molecule has 0 aliphatic heterocycles. The van der Waals surface area contributed by atoms with Crippen LogP contribution in [0.15, 0.2) is 18.2 Å². The molecule has 0 atom stereocenters. The van der Waals surface area contributed by atoms with Crippen LogP contribution < -0.4 is 4.74 Å². The van der Waals surface area contributed by atoms with Crippen LogP contribution in [0, 0.1) is 10.5 Å². The Balaban J connectivity index is 2.56. The molecule has 0 amide bonds. The number of ether oxygens (including phenoxy) is 2. The van der Waals surface area contributed by atoms with Gasteiger partial charge in [-0.1, -0.05) is 0 Å². The molecule has 3 heteroatoms. The summed E-state index contributed by atoms with van der Waals surface area (Å²) >= 11 is 2.29. The van der Waals surface area contributed by atoms with Gasteiger partial charge in [0, 0.05) is 10.7 Å². The van der Waals surface area contributed by atoms with Crippen LogP contribution in [-0.2, 0) is 4.74 Å². The minimum Gasteiger partial charge on any atom is -0.491 e. The quantitative estimate of drug-likeness (QED) is 0.627. The molecule has 1 aromatic rings. The lowest BCUT2D eigenvalue weighted by Gasteiger charge is -2.08. The number of methoxy groups -OCH3 is 1. The molecule has 0 saturated carbocycles.